The largest absolute Gasteiger partial charge is 0.457 e. The highest BCUT2D eigenvalue weighted by atomic mass is 16.6. The summed E-state index contributed by atoms with van der Waals surface area (Å²) >= 11 is 0. The molecule has 0 spiro atoms. The molecule has 1 aromatic carbocycles. The molecule has 3 rings (SSSR count). The molecule has 1 aliphatic heterocycles. The number of hydrogen-bond donors (Lipinski definition) is 0. The molecule has 1 saturated heterocycles. The number of hydrogen-bond acceptors (Lipinski definition) is 5. The Hall–Kier alpha value is -1.98. The van der Waals surface area contributed by atoms with Gasteiger partial charge in [0.2, 0.25) is 0 Å². The van der Waals surface area contributed by atoms with Crippen LogP contribution in [-0.4, -0.2) is 36.2 Å². The Bertz CT molecular complexity index is 771. The summed E-state index contributed by atoms with van der Waals surface area (Å²) in [4.78, 5) is 22.8. The van der Waals surface area contributed by atoms with Gasteiger partial charge >= 0.3 is 5.97 Å². The van der Waals surface area contributed by atoms with Gasteiger partial charge in [-0.2, -0.15) is 0 Å². The van der Waals surface area contributed by atoms with Gasteiger partial charge in [-0.25, -0.2) is 0 Å². The number of carbonyl (C=O) groups excluding carboxylic acids is 2. The van der Waals surface area contributed by atoms with Gasteiger partial charge in [0.15, 0.2) is 0 Å². The minimum Gasteiger partial charge on any atom is -0.457 e. The first-order valence-electron chi connectivity index (χ1n) is 11.5. The Morgan fingerprint density at radius 1 is 1.26 bits per heavy atom. The Morgan fingerprint density at radius 2 is 2.00 bits per heavy atom. The smallest absolute Gasteiger partial charge is 0.303 e. The molecule has 0 amide bonds. The monoisotopic (exact) mass is 428 g/mol. The first-order chi connectivity index (χ1) is 14.8. The van der Waals surface area contributed by atoms with Crippen molar-refractivity contribution >= 4 is 12.3 Å². The fourth-order valence-corrected chi connectivity index (χ4v) is 4.85. The van der Waals surface area contributed by atoms with E-state index in [2.05, 4.69) is 32.1 Å². The molecule has 0 bridgehead atoms. The van der Waals surface area contributed by atoms with Crippen molar-refractivity contribution in [3.05, 3.63) is 47.5 Å². The molecule has 0 unspecified atom stereocenters. The molecule has 0 radical (unpaired) electrons. The van der Waals surface area contributed by atoms with Gasteiger partial charge in [0.05, 0.1) is 24.9 Å². The molecule has 1 fully saturated rings. The zero-order valence-corrected chi connectivity index (χ0v) is 19.2. The van der Waals surface area contributed by atoms with Gasteiger partial charge < -0.3 is 19.0 Å². The maximum Gasteiger partial charge on any atom is 0.303 e. The lowest BCUT2D eigenvalue weighted by Gasteiger charge is -2.33. The number of carbonyl (C=O) groups is 2. The minimum atomic E-state index is -0.741. The van der Waals surface area contributed by atoms with Crippen molar-refractivity contribution in [1.29, 1.82) is 0 Å². The summed E-state index contributed by atoms with van der Waals surface area (Å²) in [5, 5.41) is 0. The molecular formula is C26H36O5. The Kier molecular flexibility index (Phi) is 8.06. The van der Waals surface area contributed by atoms with Crippen LogP contribution in [0.4, 0.5) is 0 Å². The van der Waals surface area contributed by atoms with E-state index >= 15 is 0 Å². The van der Waals surface area contributed by atoms with E-state index in [0.717, 1.165) is 30.3 Å². The van der Waals surface area contributed by atoms with E-state index in [9.17, 15) is 9.59 Å². The molecule has 5 nitrogen and oxygen atoms in total. The maximum absolute atomic E-state index is 11.8. The van der Waals surface area contributed by atoms with Gasteiger partial charge in [0, 0.05) is 19.8 Å². The molecule has 1 aliphatic carbocycles. The third kappa shape index (κ3) is 6.05. The second-order valence-electron chi connectivity index (χ2n) is 9.40. The van der Waals surface area contributed by atoms with Crippen LogP contribution in [-0.2, 0) is 30.4 Å². The number of allylic oxidation sites excluding steroid dienone is 1. The molecule has 1 heterocycles. The van der Waals surface area contributed by atoms with Gasteiger partial charge in [-0.3, -0.25) is 4.79 Å². The third-order valence-electron chi connectivity index (χ3n) is 6.59. The molecule has 1 aromatic rings. The summed E-state index contributed by atoms with van der Waals surface area (Å²) in [6.07, 6.45) is 6.27. The Balaban J connectivity index is 1.81. The molecule has 5 atom stereocenters. The number of rotatable bonds is 9. The van der Waals surface area contributed by atoms with E-state index in [1.807, 2.05) is 25.1 Å². The van der Waals surface area contributed by atoms with Crippen LogP contribution in [0.15, 0.2) is 42.0 Å². The van der Waals surface area contributed by atoms with Crippen LogP contribution < -0.4 is 0 Å². The zero-order valence-electron chi connectivity index (χ0n) is 19.2. The first kappa shape index (κ1) is 23.7. The zero-order chi connectivity index (χ0) is 22.4. The van der Waals surface area contributed by atoms with Crippen LogP contribution in [0.2, 0.25) is 0 Å². The van der Waals surface area contributed by atoms with Crippen molar-refractivity contribution in [3.8, 4) is 0 Å². The molecule has 170 valence electrons. The highest BCUT2D eigenvalue weighted by Gasteiger charge is 2.49. The quantitative estimate of drug-likeness (QED) is 0.314. The fraction of sp³-hybridized carbons (Fsp3) is 0.615. The number of esters is 1. The summed E-state index contributed by atoms with van der Waals surface area (Å²) in [6.45, 7) is 8.39. The second kappa shape index (κ2) is 10.6. The normalized spacial score (nSPS) is 30.8. The van der Waals surface area contributed by atoms with Gasteiger partial charge in [-0.15, -0.1) is 0 Å². The maximum atomic E-state index is 11.8. The highest BCUT2D eigenvalue weighted by molar-refractivity contribution is 5.66. The summed E-state index contributed by atoms with van der Waals surface area (Å²) < 4.78 is 18.5. The fourth-order valence-electron chi connectivity index (χ4n) is 4.85. The van der Waals surface area contributed by atoms with E-state index < -0.39 is 5.60 Å². The summed E-state index contributed by atoms with van der Waals surface area (Å²) in [6, 6.07) is 10.2. The average molecular weight is 429 g/mol. The third-order valence-corrected chi connectivity index (χ3v) is 6.59. The lowest BCUT2D eigenvalue weighted by atomic mass is 9.79. The number of benzene rings is 1. The number of aldehydes is 1. The molecule has 0 saturated carbocycles. The summed E-state index contributed by atoms with van der Waals surface area (Å²) in [5.74, 6) is 0.693. The van der Waals surface area contributed by atoms with Crippen LogP contribution in [0.5, 0.6) is 0 Å². The summed E-state index contributed by atoms with van der Waals surface area (Å²) in [7, 11) is 0. The van der Waals surface area contributed by atoms with Crippen LogP contribution in [0, 0.1) is 11.8 Å². The number of ether oxygens (including phenoxy) is 3. The topological polar surface area (TPSA) is 61.8 Å². The SMILES string of the molecule is CC(=O)O[C@]1(C)C[C@H](C2=C[C@@H](C(C)C)CC[C@@H]2OCc2ccccc2)O[C@@H]1CCC=O. The van der Waals surface area contributed by atoms with E-state index in [4.69, 9.17) is 14.2 Å². The molecule has 31 heavy (non-hydrogen) atoms. The molecule has 2 aliphatic rings. The van der Waals surface area contributed by atoms with Crippen molar-refractivity contribution < 1.29 is 23.8 Å². The van der Waals surface area contributed by atoms with E-state index in [-0.39, 0.29) is 24.3 Å². The van der Waals surface area contributed by atoms with E-state index in [0.29, 0.717) is 37.7 Å². The van der Waals surface area contributed by atoms with Gasteiger partial charge in [-0.1, -0.05) is 50.3 Å². The average Bonchev–Trinajstić information content (AvgIpc) is 3.06. The van der Waals surface area contributed by atoms with E-state index in [1.165, 1.54) is 6.92 Å². The van der Waals surface area contributed by atoms with Crippen LogP contribution >= 0.6 is 0 Å². The van der Waals surface area contributed by atoms with Crippen molar-refractivity contribution in [2.45, 2.75) is 90.3 Å². The van der Waals surface area contributed by atoms with Crippen molar-refractivity contribution in [2.75, 3.05) is 0 Å². The van der Waals surface area contributed by atoms with Gasteiger partial charge in [-0.05, 0) is 49.2 Å². The standard InChI is InChI=1S/C26H36O5/c1-18(2)21-12-13-23(29-17-20-9-6-5-7-10-20)22(15-21)24-16-26(4,31-19(3)28)25(30-24)11-8-14-27/h5-7,9-10,14-15,18,21,23-25H,8,11-13,16-17H2,1-4H3/t21-,23-,24+,25+,26+/m0/s1. The Labute approximate surface area is 186 Å². The van der Waals surface area contributed by atoms with Crippen molar-refractivity contribution in [3.63, 3.8) is 0 Å². The van der Waals surface area contributed by atoms with Gasteiger partial charge in [0.1, 0.15) is 11.9 Å². The van der Waals surface area contributed by atoms with Crippen LogP contribution in [0.25, 0.3) is 0 Å². The molecule has 0 aromatic heterocycles. The van der Waals surface area contributed by atoms with Crippen molar-refractivity contribution in [2.24, 2.45) is 11.8 Å². The first-order valence-corrected chi connectivity index (χ1v) is 11.5. The molecular weight excluding hydrogens is 392 g/mol. The van der Waals surface area contributed by atoms with Crippen LogP contribution in [0.1, 0.15) is 65.4 Å². The molecule has 5 heteroatoms. The molecule has 0 N–H and O–H groups in total. The summed E-state index contributed by atoms with van der Waals surface area (Å²) in [5.41, 5.74) is 1.57. The minimum absolute atomic E-state index is 0.0217. The van der Waals surface area contributed by atoms with Gasteiger partial charge in [0.25, 0.3) is 0 Å². The Morgan fingerprint density at radius 3 is 2.65 bits per heavy atom. The lowest BCUT2D eigenvalue weighted by Crippen LogP contribution is -2.39. The predicted molar refractivity (Wildman–Crippen MR) is 119 cm³/mol. The lowest BCUT2D eigenvalue weighted by molar-refractivity contribution is -0.161. The van der Waals surface area contributed by atoms with Crippen molar-refractivity contribution in [1.82, 2.24) is 0 Å². The van der Waals surface area contributed by atoms with Crippen LogP contribution in [0.3, 0.4) is 0 Å². The highest BCUT2D eigenvalue weighted by Crippen LogP contribution is 2.43. The van der Waals surface area contributed by atoms with E-state index in [1.54, 1.807) is 0 Å². The second-order valence-corrected chi connectivity index (χ2v) is 9.40. The predicted octanol–water partition coefficient (Wildman–Crippen LogP) is 5.02.